The molecule has 1 saturated carbocycles. The lowest BCUT2D eigenvalue weighted by atomic mass is 9.98. The molecule has 0 N–H and O–H groups in total. The predicted octanol–water partition coefficient (Wildman–Crippen LogP) is 4.21. The molecule has 38 heavy (non-hydrogen) atoms. The number of carbonyl (C=O) groups excluding carboxylic acids is 2. The first-order chi connectivity index (χ1) is 18.0. The quantitative estimate of drug-likeness (QED) is 0.326. The van der Waals surface area contributed by atoms with E-state index in [9.17, 15) is 31.3 Å². The van der Waals surface area contributed by atoms with Crippen LogP contribution in [0.4, 0.5) is 13.3 Å². The molecule has 0 bridgehead atoms. The maximum Gasteiger partial charge on any atom is 0.337 e. The van der Waals surface area contributed by atoms with Crippen molar-refractivity contribution in [2.45, 2.75) is 37.5 Å². The number of benzene rings is 2. The fraction of sp³-hybridized carbons (Fsp3) is 0.481. The van der Waals surface area contributed by atoms with Gasteiger partial charge in [-0.25, -0.2) is 17.5 Å². The molecule has 7 nitrogen and oxygen atoms in total. The minimum absolute atomic E-state index is 0.127. The molecule has 0 spiro atoms. The number of nitrogens with zero attached hydrogens (tertiary/aromatic N) is 2. The maximum atomic E-state index is 14.7. The lowest BCUT2D eigenvalue weighted by molar-refractivity contribution is -0.178. The Hall–Kier alpha value is -2.92. The molecule has 11 heteroatoms. The van der Waals surface area contributed by atoms with Gasteiger partial charge in [0.1, 0.15) is 0 Å². The summed E-state index contributed by atoms with van der Waals surface area (Å²) in [5, 5.41) is -0.382. The second-order valence-electron chi connectivity index (χ2n) is 9.93. The van der Waals surface area contributed by atoms with Crippen molar-refractivity contribution in [3.8, 4) is 0 Å². The topological polar surface area (TPSA) is 84.0 Å². The van der Waals surface area contributed by atoms with E-state index in [1.165, 1.54) is 11.4 Å². The molecule has 1 saturated heterocycles. The van der Waals surface area contributed by atoms with Crippen molar-refractivity contribution in [1.82, 2.24) is 9.43 Å². The Kier molecular flexibility index (Phi) is 8.46. The van der Waals surface area contributed by atoms with Crippen LogP contribution < -0.4 is 0 Å². The van der Waals surface area contributed by atoms with Gasteiger partial charge in [0.25, 0.3) is 0 Å². The Morgan fingerprint density at radius 2 is 1.68 bits per heavy atom. The number of piperidine rings is 1. The highest BCUT2D eigenvalue weighted by Gasteiger charge is 2.61. The molecule has 2 aromatic carbocycles. The van der Waals surface area contributed by atoms with Crippen molar-refractivity contribution in [3.63, 3.8) is 0 Å². The fourth-order valence-corrected chi connectivity index (χ4v) is 6.48. The summed E-state index contributed by atoms with van der Waals surface area (Å²) < 4.78 is 75.6. The van der Waals surface area contributed by atoms with Crippen LogP contribution in [0.2, 0.25) is 0 Å². The Balaban J connectivity index is 1.24. The predicted molar refractivity (Wildman–Crippen MR) is 135 cm³/mol. The summed E-state index contributed by atoms with van der Waals surface area (Å²) in [7, 11) is -2.31. The normalized spacial score (nSPS) is 20.6. The average Bonchev–Trinajstić information content (AvgIpc) is 3.74. The Morgan fingerprint density at radius 3 is 2.29 bits per heavy atom. The van der Waals surface area contributed by atoms with Gasteiger partial charge in [0, 0.05) is 19.0 Å². The number of hydrogen-bond donors (Lipinski definition) is 0. The zero-order valence-corrected chi connectivity index (χ0v) is 21.9. The zero-order chi connectivity index (χ0) is 27.5. The van der Waals surface area contributed by atoms with E-state index in [2.05, 4.69) is 4.74 Å². The number of methoxy groups -OCH3 is 1. The van der Waals surface area contributed by atoms with Gasteiger partial charge < -0.3 is 4.74 Å². The van der Waals surface area contributed by atoms with E-state index in [1.54, 1.807) is 54.6 Å². The number of amides is 1. The van der Waals surface area contributed by atoms with E-state index in [4.69, 9.17) is 0 Å². The third-order valence-electron chi connectivity index (χ3n) is 7.40. The molecular weight excluding hydrogens is 521 g/mol. The first-order valence-electron chi connectivity index (χ1n) is 12.6. The van der Waals surface area contributed by atoms with E-state index >= 15 is 0 Å². The average molecular weight is 553 g/mol. The second kappa shape index (κ2) is 11.4. The summed E-state index contributed by atoms with van der Waals surface area (Å²) in [4.78, 5) is 23.8. The summed E-state index contributed by atoms with van der Waals surface area (Å²) in [6.07, 6.45) is 0.907. The lowest BCUT2D eigenvalue weighted by Crippen LogP contribution is -2.46. The number of aryl methyl sites for hydroxylation is 1. The Morgan fingerprint density at radius 1 is 1.05 bits per heavy atom. The number of alkyl halides is 2. The van der Waals surface area contributed by atoms with Crippen LogP contribution in [0.5, 0.6) is 0 Å². The molecule has 2 aliphatic rings. The summed E-state index contributed by atoms with van der Waals surface area (Å²) in [5.41, 5.74) is 1.82. The standard InChI is InChI=1S/C27H31F3N2O5S/c1-37-25(33)22-9-7-19(8-10-22)13-16-38(35,36)31-14-11-20(12-15-31)18-32(30)26(34)27(28,29)24-17-23(24)21-5-3-2-4-6-21/h2-10,20,23-24H,11-18H2,1H3. The van der Waals surface area contributed by atoms with E-state index in [0.29, 0.717) is 11.1 Å². The van der Waals surface area contributed by atoms with Crippen LogP contribution in [0.3, 0.4) is 0 Å². The molecule has 0 aromatic heterocycles. The molecule has 0 radical (unpaired) electrons. The molecule has 206 valence electrons. The number of carbonyl (C=O) groups is 2. The van der Waals surface area contributed by atoms with E-state index in [1.807, 2.05) is 0 Å². The summed E-state index contributed by atoms with van der Waals surface area (Å²) in [6.45, 7) is -0.228. The van der Waals surface area contributed by atoms with Gasteiger partial charge in [0.2, 0.25) is 10.0 Å². The second-order valence-corrected chi connectivity index (χ2v) is 12.0. The maximum absolute atomic E-state index is 14.7. The molecule has 2 aromatic rings. The van der Waals surface area contributed by atoms with Gasteiger partial charge >= 0.3 is 17.8 Å². The number of rotatable bonds is 10. The molecule has 1 aliphatic carbocycles. The third-order valence-corrected chi connectivity index (χ3v) is 9.27. The van der Waals surface area contributed by atoms with Crippen LogP contribution >= 0.6 is 0 Å². The first-order valence-corrected chi connectivity index (χ1v) is 14.2. The number of hydrogen-bond acceptors (Lipinski definition) is 5. The molecule has 1 heterocycles. The van der Waals surface area contributed by atoms with Crippen LogP contribution in [0.1, 0.15) is 46.7 Å². The lowest BCUT2D eigenvalue weighted by Gasteiger charge is -2.32. The van der Waals surface area contributed by atoms with Crippen molar-refractivity contribution in [2.75, 3.05) is 32.5 Å². The number of sulfonamides is 1. The molecule has 2 unspecified atom stereocenters. The summed E-state index contributed by atoms with van der Waals surface area (Å²) in [6, 6.07) is 15.2. The van der Waals surface area contributed by atoms with Crippen molar-refractivity contribution in [3.05, 3.63) is 71.3 Å². The van der Waals surface area contributed by atoms with Crippen LogP contribution in [0, 0.1) is 11.8 Å². The van der Waals surface area contributed by atoms with Crippen LogP contribution in [0.25, 0.3) is 0 Å². The van der Waals surface area contributed by atoms with E-state index in [-0.39, 0.29) is 49.6 Å². The van der Waals surface area contributed by atoms with Crippen LogP contribution in [-0.4, -0.2) is 68.1 Å². The van der Waals surface area contributed by atoms with Gasteiger partial charge in [0.05, 0.1) is 25.0 Å². The number of esters is 1. The number of ether oxygens (including phenoxy) is 1. The summed E-state index contributed by atoms with van der Waals surface area (Å²) >= 11 is 0. The van der Waals surface area contributed by atoms with Crippen molar-refractivity contribution in [2.24, 2.45) is 11.8 Å². The Bertz CT molecular complexity index is 1230. The minimum atomic E-state index is -3.80. The number of halogens is 3. The summed E-state index contributed by atoms with van der Waals surface area (Å²) in [5.74, 6) is -8.35. The van der Waals surface area contributed by atoms with Gasteiger partial charge in [-0.05, 0) is 60.8 Å². The zero-order valence-electron chi connectivity index (χ0n) is 21.1. The van der Waals surface area contributed by atoms with Crippen LogP contribution in [-0.2, 0) is 26.0 Å². The smallest absolute Gasteiger partial charge is 0.337 e. The molecule has 2 fully saturated rings. The largest absolute Gasteiger partial charge is 0.465 e. The first kappa shape index (κ1) is 28.1. The van der Waals surface area contributed by atoms with E-state index < -0.39 is 52.1 Å². The minimum Gasteiger partial charge on any atom is -0.465 e. The van der Waals surface area contributed by atoms with Gasteiger partial charge in [-0.1, -0.05) is 46.9 Å². The van der Waals surface area contributed by atoms with E-state index in [0.717, 1.165) is 5.56 Å². The third kappa shape index (κ3) is 6.37. The van der Waals surface area contributed by atoms with Crippen molar-refractivity contribution < 1.29 is 36.0 Å². The molecular formula is C27H31F3N2O5S. The van der Waals surface area contributed by atoms with Crippen molar-refractivity contribution >= 4 is 21.9 Å². The van der Waals surface area contributed by atoms with Gasteiger partial charge in [-0.2, -0.15) is 13.9 Å². The SMILES string of the molecule is COC(=O)c1ccc(CCS(=O)(=O)N2CCC(CN(F)C(=O)C(F)(F)C3CC3c3ccccc3)CC2)cc1. The molecule has 1 amide bonds. The Labute approximate surface area is 220 Å². The van der Waals surface area contributed by atoms with Crippen LogP contribution in [0.15, 0.2) is 54.6 Å². The molecule has 4 rings (SSSR count). The van der Waals surface area contributed by atoms with Gasteiger partial charge in [-0.15, -0.1) is 0 Å². The highest BCUT2D eigenvalue weighted by molar-refractivity contribution is 7.89. The fourth-order valence-electron chi connectivity index (χ4n) is 4.97. The monoisotopic (exact) mass is 552 g/mol. The highest BCUT2D eigenvalue weighted by atomic mass is 32.2. The van der Waals surface area contributed by atoms with Crippen molar-refractivity contribution in [1.29, 1.82) is 0 Å². The highest BCUT2D eigenvalue weighted by Crippen LogP contribution is 2.56. The molecule has 1 aliphatic heterocycles. The van der Waals surface area contributed by atoms with Gasteiger partial charge in [0.15, 0.2) is 0 Å². The molecule has 2 atom stereocenters. The van der Waals surface area contributed by atoms with Gasteiger partial charge in [-0.3, -0.25) is 4.79 Å².